The van der Waals surface area contributed by atoms with Crippen LogP contribution in [0.2, 0.25) is 0 Å². The summed E-state index contributed by atoms with van der Waals surface area (Å²) in [6.07, 6.45) is 2.11. The second kappa shape index (κ2) is 8.95. The summed E-state index contributed by atoms with van der Waals surface area (Å²) in [5, 5.41) is 22.7. The summed E-state index contributed by atoms with van der Waals surface area (Å²) < 4.78 is 0. The minimum Gasteiger partial charge on any atom is -0.385 e. The third kappa shape index (κ3) is 4.51. The Balaban J connectivity index is 3.37. The molecule has 0 spiro atoms. The molecule has 0 amide bonds. The molecule has 5 heteroatoms. The lowest BCUT2D eigenvalue weighted by Crippen LogP contribution is -2.60. The predicted molar refractivity (Wildman–Crippen MR) is 105 cm³/mol. The van der Waals surface area contributed by atoms with Gasteiger partial charge >= 0.3 is 0 Å². The maximum Gasteiger partial charge on any atom is 0.168 e. The van der Waals surface area contributed by atoms with Gasteiger partial charge in [-0.15, -0.1) is 0 Å². The van der Waals surface area contributed by atoms with Crippen LogP contribution in [0.3, 0.4) is 0 Å². The Morgan fingerprint density at radius 2 is 1.56 bits per heavy atom. The molecule has 0 heterocycles. The van der Waals surface area contributed by atoms with E-state index >= 15 is 0 Å². The first-order chi connectivity index (χ1) is 12.3. The van der Waals surface area contributed by atoms with Crippen LogP contribution in [0, 0.1) is 29.6 Å². The van der Waals surface area contributed by atoms with E-state index < -0.39 is 40.5 Å². The fourth-order valence-corrected chi connectivity index (χ4v) is 4.10. The van der Waals surface area contributed by atoms with Crippen LogP contribution in [-0.4, -0.2) is 38.8 Å². The summed E-state index contributed by atoms with van der Waals surface area (Å²) in [6, 6.07) is 0. The molecule has 2 N–H and O–H groups in total. The van der Waals surface area contributed by atoms with Crippen LogP contribution in [-0.2, 0) is 14.4 Å². The largest absolute Gasteiger partial charge is 0.385 e. The molecule has 0 radical (unpaired) electrons. The molecular weight excluding hydrogens is 344 g/mol. The van der Waals surface area contributed by atoms with Crippen LogP contribution in [0.5, 0.6) is 0 Å². The standard InChI is InChI=1S/C22H38O5/c1-8-15(6)19(24)18-20(25)16(11-9-13(2)3)22(27,21(18,7)26)17(23)12-10-14(4)5/h13-16,18,26-27H,8-12H2,1-7H3/t15?,16?,18?,21?,22-/m0/s1. The third-order valence-electron chi connectivity index (χ3n) is 6.26. The van der Waals surface area contributed by atoms with E-state index in [0.29, 0.717) is 25.7 Å². The molecular formula is C22H38O5. The second-order valence-corrected chi connectivity index (χ2v) is 9.34. The van der Waals surface area contributed by atoms with E-state index in [-0.39, 0.29) is 24.0 Å². The highest BCUT2D eigenvalue weighted by Gasteiger charge is 2.70. The number of rotatable bonds is 10. The average molecular weight is 383 g/mol. The monoisotopic (exact) mass is 382 g/mol. The van der Waals surface area contributed by atoms with Crippen LogP contribution in [0.15, 0.2) is 0 Å². The fourth-order valence-electron chi connectivity index (χ4n) is 4.10. The molecule has 4 unspecified atom stereocenters. The number of carbonyl (C=O) groups excluding carboxylic acids is 3. The van der Waals surface area contributed by atoms with Gasteiger partial charge in [-0.3, -0.25) is 14.4 Å². The minimum atomic E-state index is -2.21. The maximum atomic E-state index is 13.2. The van der Waals surface area contributed by atoms with Gasteiger partial charge in [0.05, 0.1) is 5.92 Å². The lowest BCUT2D eigenvalue weighted by atomic mass is 9.72. The number of hydrogen-bond acceptors (Lipinski definition) is 5. The van der Waals surface area contributed by atoms with Gasteiger partial charge in [0.2, 0.25) is 0 Å². The SMILES string of the molecule is CCC(C)C(=O)C1C(=O)C(CCC(C)C)[C@](O)(C(=O)CCC(C)C)C1(C)O. The number of aliphatic hydroxyl groups is 2. The van der Waals surface area contributed by atoms with Crippen molar-refractivity contribution >= 4 is 17.3 Å². The van der Waals surface area contributed by atoms with Crippen molar-refractivity contribution in [1.82, 2.24) is 0 Å². The number of carbonyl (C=O) groups is 3. The zero-order chi connectivity index (χ0) is 21.2. The van der Waals surface area contributed by atoms with Crippen molar-refractivity contribution < 1.29 is 24.6 Å². The summed E-state index contributed by atoms with van der Waals surface area (Å²) in [5.41, 5.74) is -4.29. The Labute approximate surface area is 163 Å². The van der Waals surface area contributed by atoms with Crippen LogP contribution >= 0.6 is 0 Å². The molecule has 0 bridgehead atoms. The average Bonchev–Trinajstić information content (AvgIpc) is 2.72. The minimum absolute atomic E-state index is 0.0834. The van der Waals surface area contributed by atoms with Gasteiger partial charge in [-0.2, -0.15) is 0 Å². The molecule has 5 nitrogen and oxygen atoms in total. The molecule has 0 aliphatic heterocycles. The van der Waals surface area contributed by atoms with E-state index in [1.165, 1.54) is 6.92 Å². The van der Waals surface area contributed by atoms with Crippen LogP contribution < -0.4 is 0 Å². The normalized spacial score (nSPS) is 32.3. The molecule has 1 rings (SSSR count). The molecule has 0 aromatic rings. The van der Waals surface area contributed by atoms with Crippen LogP contribution in [0.25, 0.3) is 0 Å². The van der Waals surface area contributed by atoms with E-state index in [1.54, 1.807) is 6.92 Å². The second-order valence-electron chi connectivity index (χ2n) is 9.34. The quantitative estimate of drug-likeness (QED) is 0.565. The predicted octanol–water partition coefficient (Wildman–Crippen LogP) is 3.34. The molecule has 1 fully saturated rings. The van der Waals surface area contributed by atoms with Gasteiger partial charge in [0, 0.05) is 12.3 Å². The van der Waals surface area contributed by atoms with Crippen molar-refractivity contribution in [2.75, 3.05) is 0 Å². The third-order valence-corrected chi connectivity index (χ3v) is 6.26. The number of Topliss-reactive ketones (excluding diaryl/α,β-unsaturated/α-hetero) is 3. The van der Waals surface area contributed by atoms with Crippen molar-refractivity contribution in [1.29, 1.82) is 0 Å². The van der Waals surface area contributed by atoms with E-state index in [9.17, 15) is 24.6 Å². The Morgan fingerprint density at radius 3 is 2.00 bits per heavy atom. The van der Waals surface area contributed by atoms with Crippen molar-refractivity contribution in [2.24, 2.45) is 29.6 Å². The lowest BCUT2D eigenvalue weighted by molar-refractivity contribution is -0.179. The zero-order valence-electron chi connectivity index (χ0n) is 18.0. The molecule has 0 aromatic carbocycles. The first-order valence-electron chi connectivity index (χ1n) is 10.4. The van der Waals surface area contributed by atoms with Crippen LogP contribution in [0.4, 0.5) is 0 Å². The molecule has 1 saturated carbocycles. The fraction of sp³-hybridized carbons (Fsp3) is 0.864. The maximum absolute atomic E-state index is 13.2. The van der Waals surface area contributed by atoms with E-state index in [0.717, 1.165) is 0 Å². The molecule has 156 valence electrons. The van der Waals surface area contributed by atoms with Crippen molar-refractivity contribution in [2.45, 2.75) is 91.8 Å². The first kappa shape index (κ1) is 24.0. The molecule has 5 atom stereocenters. The first-order valence-corrected chi connectivity index (χ1v) is 10.4. The Hall–Kier alpha value is -1.07. The van der Waals surface area contributed by atoms with Gasteiger partial charge in [0.1, 0.15) is 17.3 Å². The molecule has 27 heavy (non-hydrogen) atoms. The summed E-state index contributed by atoms with van der Waals surface area (Å²) >= 11 is 0. The summed E-state index contributed by atoms with van der Waals surface area (Å²) in [6.45, 7) is 12.8. The Morgan fingerprint density at radius 1 is 1.04 bits per heavy atom. The van der Waals surface area contributed by atoms with Gasteiger partial charge in [0.25, 0.3) is 0 Å². The lowest BCUT2D eigenvalue weighted by Gasteiger charge is -2.39. The van der Waals surface area contributed by atoms with Gasteiger partial charge in [0.15, 0.2) is 17.2 Å². The smallest absolute Gasteiger partial charge is 0.168 e. The summed E-state index contributed by atoms with van der Waals surface area (Å²) in [5.74, 6) is -3.65. The van der Waals surface area contributed by atoms with Crippen molar-refractivity contribution in [3.8, 4) is 0 Å². The van der Waals surface area contributed by atoms with E-state index in [1.807, 2.05) is 34.6 Å². The van der Waals surface area contributed by atoms with E-state index in [2.05, 4.69) is 0 Å². The van der Waals surface area contributed by atoms with Gasteiger partial charge in [-0.1, -0.05) is 48.0 Å². The topological polar surface area (TPSA) is 91.7 Å². The highest BCUT2D eigenvalue weighted by Crippen LogP contribution is 2.49. The molecule has 0 saturated heterocycles. The van der Waals surface area contributed by atoms with Crippen molar-refractivity contribution in [3.05, 3.63) is 0 Å². The highest BCUT2D eigenvalue weighted by molar-refractivity contribution is 6.12. The van der Waals surface area contributed by atoms with Gasteiger partial charge in [-0.25, -0.2) is 0 Å². The molecule has 1 aliphatic rings. The Kier molecular flexibility index (Phi) is 7.95. The van der Waals surface area contributed by atoms with Crippen molar-refractivity contribution in [3.63, 3.8) is 0 Å². The zero-order valence-corrected chi connectivity index (χ0v) is 18.0. The highest BCUT2D eigenvalue weighted by atomic mass is 16.4. The number of ketones is 3. The van der Waals surface area contributed by atoms with Gasteiger partial charge in [-0.05, 0) is 38.0 Å². The van der Waals surface area contributed by atoms with E-state index in [4.69, 9.17) is 0 Å². The van der Waals surface area contributed by atoms with Gasteiger partial charge < -0.3 is 10.2 Å². The molecule has 0 aromatic heterocycles. The Bertz CT molecular complexity index is 563. The molecule has 1 aliphatic carbocycles. The summed E-state index contributed by atoms with van der Waals surface area (Å²) in [4.78, 5) is 39.0. The summed E-state index contributed by atoms with van der Waals surface area (Å²) in [7, 11) is 0. The number of hydrogen-bond donors (Lipinski definition) is 2. The van der Waals surface area contributed by atoms with Crippen LogP contribution in [0.1, 0.15) is 80.6 Å².